The van der Waals surface area contributed by atoms with Crippen LogP contribution in [0.2, 0.25) is 0 Å². The molecule has 0 aliphatic heterocycles. The van der Waals surface area contributed by atoms with Crippen molar-refractivity contribution in [3.63, 3.8) is 0 Å². The zero-order chi connectivity index (χ0) is 14.3. The van der Waals surface area contributed by atoms with E-state index in [-0.39, 0.29) is 23.3 Å². The van der Waals surface area contributed by atoms with Gasteiger partial charge in [0.15, 0.2) is 0 Å². The molecule has 7 heteroatoms. The number of aromatic carboxylic acids is 1. The molecule has 1 aromatic heterocycles. The molecule has 0 bridgehead atoms. The van der Waals surface area contributed by atoms with E-state index < -0.39 is 10.9 Å². The van der Waals surface area contributed by atoms with Gasteiger partial charge in [0.05, 0.1) is 10.6 Å². The summed E-state index contributed by atoms with van der Waals surface area (Å²) in [5, 5.41) is 19.8. The number of carbonyl (C=O) groups is 1. The Kier molecular flexibility index (Phi) is 2.74. The van der Waals surface area contributed by atoms with Gasteiger partial charge < -0.3 is 9.52 Å². The number of aromatic nitrogens is 1. The lowest BCUT2D eigenvalue weighted by Crippen LogP contribution is -1.98. The van der Waals surface area contributed by atoms with E-state index in [4.69, 9.17) is 9.52 Å². The Morgan fingerprint density at radius 2 is 2.20 bits per heavy atom. The number of oxazole rings is 1. The third-order valence-corrected chi connectivity index (χ3v) is 3.12. The second kappa shape index (κ2) is 4.44. The molecule has 1 N–H and O–H groups in total. The number of benzene rings is 1. The fourth-order valence-corrected chi connectivity index (χ4v) is 1.99. The number of nitro groups is 1. The monoisotopic (exact) mass is 274 g/mol. The van der Waals surface area contributed by atoms with Gasteiger partial charge in [0.1, 0.15) is 0 Å². The van der Waals surface area contributed by atoms with Crippen molar-refractivity contribution >= 4 is 11.7 Å². The Labute approximate surface area is 113 Å². The van der Waals surface area contributed by atoms with Crippen molar-refractivity contribution in [2.45, 2.75) is 18.8 Å². The predicted molar refractivity (Wildman–Crippen MR) is 67.5 cm³/mol. The summed E-state index contributed by atoms with van der Waals surface area (Å²) in [5.74, 6) is -1.12. The lowest BCUT2D eigenvalue weighted by molar-refractivity contribution is -0.384. The van der Waals surface area contributed by atoms with E-state index in [0.29, 0.717) is 11.3 Å². The average molecular weight is 274 g/mol. The van der Waals surface area contributed by atoms with E-state index in [1.807, 2.05) is 0 Å². The molecule has 1 aromatic carbocycles. The molecule has 1 heterocycles. The van der Waals surface area contributed by atoms with Gasteiger partial charge in [-0.3, -0.25) is 10.1 Å². The highest BCUT2D eigenvalue weighted by Gasteiger charge is 2.33. The highest BCUT2D eigenvalue weighted by atomic mass is 16.6. The van der Waals surface area contributed by atoms with Crippen LogP contribution in [0.15, 0.2) is 28.7 Å². The molecule has 0 saturated heterocycles. The standard InChI is InChI=1S/C13H10N2O5/c16-13(17)11-10(7-4-5-7)14-12(20-11)8-2-1-3-9(6-8)15(18)19/h1-3,6-7H,4-5H2,(H,16,17). The first-order valence-electron chi connectivity index (χ1n) is 6.05. The molecule has 2 aromatic rings. The first kappa shape index (κ1) is 12.3. The molecule has 0 radical (unpaired) electrons. The van der Waals surface area contributed by atoms with Gasteiger partial charge in [-0.1, -0.05) is 6.07 Å². The van der Waals surface area contributed by atoms with Gasteiger partial charge in [0.2, 0.25) is 11.7 Å². The Balaban J connectivity index is 2.06. The maximum atomic E-state index is 11.1. The first-order chi connectivity index (χ1) is 9.56. The summed E-state index contributed by atoms with van der Waals surface area (Å²) in [7, 11) is 0. The zero-order valence-electron chi connectivity index (χ0n) is 10.3. The predicted octanol–water partition coefficient (Wildman–Crippen LogP) is 2.83. The first-order valence-corrected chi connectivity index (χ1v) is 6.05. The fraction of sp³-hybridized carbons (Fsp3) is 0.231. The second-order valence-corrected chi connectivity index (χ2v) is 4.62. The smallest absolute Gasteiger partial charge is 0.373 e. The van der Waals surface area contributed by atoms with Crippen LogP contribution >= 0.6 is 0 Å². The summed E-state index contributed by atoms with van der Waals surface area (Å²) < 4.78 is 5.27. The van der Waals surface area contributed by atoms with Gasteiger partial charge >= 0.3 is 5.97 Å². The largest absolute Gasteiger partial charge is 0.475 e. The van der Waals surface area contributed by atoms with Crippen LogP contribution in [0.5, 0.6) is 0 Å². The SMILES string of the molecule is O=C(O)c1oc(-c2cccc([N+](=O)[O-])c2)nc1C1CC1. The fourth-order valence-electron chi connectivity index (χ4n) is 1.99. The third-order valence-electron chi connectivity index (χ3n) is 3.12. The molecule has 20 heavy (non-hydrogen) atoms. The lowest BCUT2D eigenvalue weighted by atomic mass is 10.2. The van der Waals surface area contributed by atoms with Gasteiger partial charge in [-0.15, -0.1) is 0 Å². The number of hydrogen-bond donors (Lipinski definition) is 1. The van der Waals surface area contributed by atoms with Crippen LogP contribution in [0.1, 0.15) is 35.0 Å². The number of nitrogens with zero attached hydrogens (tertiary/aromatic N) is 2. The van der Waals surface area contributed by atoms with E-state index in [9.17, 15) is 14.9 Å². The molecule has 0 amide bonds. The topological polar surface area (TPSA) is 106 Å². The van der Waals surface area contributed by atoms with Gasteiger partial charge in [-0.25, -0.2) is 9.78 Å². The minimum Gasteiger partial charge on any atom is -0.475 e. The molecule has 0 unspecified atom stereocenters. The summed E-state index contributed by atoms with van der Waals surface area (Å²) in [6.07, 6.45) is 1.78. The van der Waals surface area contributed by atoms with Crippen LogP contribution in [0.25, 0.3) is 11.5 Å². The van der Waals surface area contributed by atoms with Gasteiger partial charge in [0.25, 0.3) is 5.69 Å². The van der Waals surface area contributed by atoms with Crippen LogP contribution in [0.3, 0.4) is 0 Å². The van der Waals surface area contributed by atoms with Crippen LogP contribution in [-0.4, -0.2) is 21.0 Å². The number of non-ortho nitro benzene ring substituents is 1. The zero-order valence-corrected chi connectivity index (χ0v) is 10.3. The Morgan fingerprint density at radius 3 is 2.80 bits per heavy atom. The summed E-state index contributed by atoms with van der Waals surface area (Å²) in [6, 6.07) is 5.77. The number of rotatable bonds is 4. The number of carboxylic acids is 1. The minimum atomic E-state index is -1.17. The molecule has 7 nitrogen and oxygen atoms in total. The number of nitro benzene ring substituents is 1. The maximum Gasteiger partial charge on any atom is 0.373 e. The van der Waals surface area contributed by atoms with Crippen LogP contribution in [0, 0.1) is 10.1 Å². The molecule has 1 aliphatic carbocycles. The molecular weight excluding hydrogens is 264 g/mol. The van der Waals surface area contributed by atoms with Gasteiger partial charge in [-0.2, -0.15) is 0 Å². The van der Waals surface area contributed by atoms with E-state index in [0.717, 1.165) is 12.8 Å². The third kappa shape index (κ3) is 2.13. The van der Waals surface area contributed by atoms with E-state index in [1.54, 1.807) is 6.07 Å². The Hall–Kier alpha value is -2.70. The van der Waals surface area contributed by atoms with Gasteiger partial charge in [0, 0.05) is 23.6 Å². The highest BCUT2D eigenvalue weighted by Crippen LogP contribution is 2.42. The Morgan fingerprint density at radius 1 is 1.45 bits per heavy atom. The van der Waals surface area contributed by atoms with Crippen molar-refractivity contribution in [3.05, 3.63) is 45.8 Å². The maximum absolute atomic E-state index is 11.1. The summed E-state index contributed by atoms with van der Waals surface area (Å²) in [5.41, 5.74) is 0.734. The summed E-state index contributed by atoms with van der Waals surface area (Å²) in [4.78, 5) is 25.5. The van der Waals surface area contributed by atoms with Crippen molar-refractivity contribution in [2.24, 2.45) is 0 Å². The molecule has 1 saturated carbocycles. The summed E-state index contributed by atoms with van der Waals surface area (Å²) >= 11 is 0. The quantitative estimate of drug-likeness (QED) is 0.678. The van der Waals surface area contributed by atoms with Crippen molar-refractivity contribution in [2.75, 3.05) is 0 Å². The average Bonchev–Trinajstić information content (AvgIpc) is 3.17. The van der Waals surface area contributed by atoms with Crippen molar-refractivity contribution in [3.8, 4) is 11.5 Å². The van der Waals surface area contributed by atoms with Gasteiger partial charge in [-0.05, 0) is 18.9 Å². The molecule has 1 fully saturated rings. The van der Waals surface area contributed by atoms with E-state index in [1.165, 1.54) is 18.2 Å². The van der Waals surface area contributed by atoms with E-state index in [2.05, 4.69) is 4.98 Å². The minimum absolute atomic E-state index is 0.0921. The number of carboxylic acid groups (broad SMARTS) is 1. The van der Waals surface area contributed by atoms with E-state index >= 15 is 0 Å². The summed E-state index contributed by atoms with van der Waals surface area (Å²) in [6.45, 7) is 0. The van der Waals surface area contributed by atoms with Crippen molar-refractivity contribution < 1.29 is 19.2 Å². The normalized spacial score (nSPS) is 14.2. The molecular formula is C13H10N2O5. The van der Waals surface area contributed by atoms with Crippen LogP contribution in [-0.2, 0) is 0 Å². The highest BCUT2D eigenvalue weighted by molar-refractivity contribution is 5.86. The molecule has 102 valence electrons. The van der Waals surface area contributed by atoms with Crippen LogP contribution in [0.4, 0.5) is 5.69 Å². The molecule has 0 atom stereocenters. The second-order valence-electron chi connectivity index (χ2n) is 4.62. The van der Waals surface area contributed by atoms with Crippen molar-refractivity contribution in [1.82, 2.24) is 4.98 Å². The van der Waals surface area contributed by atoms with Crippen LogP contribution < -0.4 is 0 Å². The molecule has 3 rings (SSSR count). The number of hydrogen-bond acceptors (Lipinski definition) is 5. The Bertz CT molecular complexity index is 703. The molecule has 0 spiro atoms. The van der Waals surface area contributed by atoms with Crippen molar-refractivity contribution in [1.29, 1.82) is 0 Å². The molecule has 1 aliphatic rings. The lowest BCUT2D eigenvalue weighted by Gasteiger charge is -1.95.